The van der Waals surface area contributed by atoms with Gasteiger partial charge in [0.05, 0.1) is 12.0 Å². The topological polar surface area (TPSA) is 75.7 Å². The summed E-state index contributed by atoms with van der Waals surface area (Å²) in [4.78, 5) is 12.5. The van der Waals surface area contributed by atoms with Crippen LogP contribution in [0.4, 0.5) is 0 Å². The number of hydrogen-bond acceptors (Lipinski definition) is 4. The smallest absolute Gasteiger partial charge is 0.243 e. The molecule has 7 heteroatoms. The largest absolute Gasteiger partial charge is 0.497 e. The van der Waals surface area contributed by atoms with Crippen molar-refractivity contribution >= 4 is 15.9 Å². The van der Waals surface area contributed by atoms with E-state index >= 15 is 0 Å². The van der Waals surface area contributed by atoms with E-state index in [0.717, 1.165) is 0 Å². The number of carbonyl (C=O) groups is 1. The Bertz CT molecular complexity index is 708. The number of ether oxygens (including phenoxy) is 1. The number of sulfonamides is 1. The summed E-state index contributed by atoms with van der Waals surface area (Å²) in [6.07, 6.45) is 1.11. The van der Waals surface area contributed by atoms with E-state index in [-0.39, 0.29) is 11.8 Å². The molecule has 1 aromatic rings. The Hall–Kier alpha value is -1.60. The van der Waals surface area contributed by atoms with Crippen LogP contribution in [-0.4, -0.2) is 45.4 Å². The summed E-state index contributed by atoms with van der Waals surface area (Å²) in [6.45, 7) is 7.25. The van der Waals surface area contributed by atoms with Crippen molar-refractivity contribution in [3.05, 3.63) is 23.8 Å². The molecule has 2 rings (SSSR count). The monoisotopic (exact) mass is 368 g/mol. The number of aryl methyl sites for hydroxylation is 1. The Morgan fingerprint density at radius 3 is 2.48 bits per heavy atom. The standard InChI is InChI=1S/C18H28N2O4S/c1-13(2)12-19-18(21)15-7-9-20(10-8-15)25(22,23)17-6-5-16(24-4)11-14(17)3/h5-6,11,13,15H,7-10,12H2,1-4H3,(H,19,21). The summed E-state index contributed by atoms with van der Waals surface area (Å²) in [7, 11) is -1.99. The number of carbonyl (C=O) groups excluding carboxylic acids is 1. The second kappa shape index (κ2) is 8.19. The van der Waals surface area contributed by atoms with Crippen LogP contribution in [0, 0.1) is 18.8 Å². The molecule has 1 fully saturated rings. The molecule has 1 aromatic carbocycles. The van der Waals surface area contributed by atoms with Gasteiger partial charge in [0.25, 0.3) is 0 Å². The molecule has 1 aliphatic rings. The van der Waals surface area contributed by atoms with Crippen LogP contribution in [0.5, 0.6) is 5.75 Å². The molecule has 0 aliphatic carbocycles. The Labute approximate surface area is 150 Å². The Balaban J connectivity index is 2.03. The Morgan fingerprint density at radius 2 is 1.96 bits per heavy atom. The van der Waals surface area contributed by atoms with Crippen LogP contribution < -0.4 is 10.1 Å². The average Bonchev–Trinajstić information content (AvgIpc) is 2.59. The minimum absolute atomic E-state index is 0.0337. The maximum absolute atomic E-state index is 12.9. The van der Waals surface area contributed by atoms with Gasteiger partial charge in [0.2, 0.25) is 15.9 Å². The van der Waals surface area contributed by atoms with Crippen molar-refractivity contribution in [2.75, 3.05) is 26.7 Å². The quantitative estimate of drug-likeness (QED) is 0.835. The van der Waals surface area contributed by atoms with E-state index in [1.807, 2.05) is 13.8 Å². The molecule has 1 heterocycles. The van der Waals surface area contributed by atoms with Crippen LogP contribution in [0.15, 0.2) is 23.1 Å². The molecule has 1 amide bonds. The number of methoxy groups -OCH3 is 1. The lowest BCUT2D eigenvalue weighted by molar-refractivity contribution is -0.126. The summed E-state index contributed by atoms with van der Waals surface area (Å²) < 4.78 is 32.4. The fourth-order valence-corrected chi connectivity index (χ4v) is 4.66. The highest BCUT2D eigenvalue weighted by Crippen LogP contribution is 2.27. The van der Waals surface area contributed by atoms with E-state index in [2.05, 4.69) is 5.32 Å². The maximum atomic E-state index is 12.9. The Kier molecular flexibility index (Phi) is 6.46. The minimum Gasteiger partial charge on any atom is -0.497 e. The molecule has 140 valence electrons. The fourth-order valence-electron chi connectivity index (χ4n) is 2.98. The van der Waals surface area contributed by atoms with Gasteiger partial charge < -0.3 is 10.1 Å². The summed E-state index contributed by atoms with van der Waals surface area (Å²) in [5.41, 5.74) is 0.663. The first-order valence-electron chi connectivity index (χ1n) is 8.68. The molecule has 1 saturated heterocycles. The molecule has 0 aromatic heterocycles. The van der Waals surface area contributed by atoms with E-state index < -0.39 is 10.0 Å². The molecule has 1 aliphatic heterocycles. The third kappa shape index (κ3) is 4.73. The van der Waals surface area contributed by atoms with Crippen LogP contribution in [0.25, 0.3) is 0 Å². The van der Waals surface area contributed by atoms with Crippen LogP contribution in [0.2, 0.25) is 0 Å². The third-order valence-corrected chi connectivity index (χ3v) is 6.57. The SMILES string of the molecule is COc1ccc(S(=O)(=O)N2CCC(C(=O)NCC(C)C)CC2)c(C)c1. The van der Waals surface area contributed by atoms with Gasteiger partial charge in [-0.1, -0.05) is 13.8 Å². The third-order valence-electron chi connectivity index (χ3n) is 4.51. The number of benzene rings is 1. The van der Waals surface area contributed by atoms with Crippen molar-refractivity contribution in [2.45, 2.75) is 38.5 Å². The Morgan fingerprint density at radius 1 is 1.32 bits per heavy atom. The zero-order valence-electron chi connectivity index (χ0n) is 15.4. The van der Waals surface area contributed by atoms with Crippen molar-refractivity contribution in [3.63, 3.8) is 0 Å². The van der Waals surface area contributed by atoms with E-state index in [4.69, 9.17) is 4.74 Å². The first kappa shape index (κ1) is 19.7. The summed E-state index contributed by atoms with van der Waals surface area (Å²) in [5.74, 6) is 0.966. The van der Waals surface area contributed by atoms with E-state index in [0.29, 0.717) is 54.6 Å². The average molecular weight is 368 g/mol. The van der Waals surface area contributed by atoms with Crippen LogP contribution in [-0.2, 0) is 14.8 Å². The normalized spacial score (nSPS) is 16.8. The van der Waals surface area contributed by atoms with Gasteiger partial charge in [0.1, 0.15) is 5.75 Å². The number of nitrogens with one attached hydrogen (secondary N) is 1. The van der Waals surface area contributed by atoms with Gasteiger partial charge in [-0.25, -0.2) is 8.42 Å². The van der Waals surface area contributed by atoms with Crippen LogP contribution in [0.1, 0.15) is 32.3 Å². The fraction of sp³-hybridized carbons (Fsp3) is 0.611. The van der Waals surface area contributed by atoms with Gasteiger partial charge in [0, 0.05) is 25.6 Å². The molecule has 0 atom stereocenters. The van der Waals surface area contributed by atoms with Crippen molar-refractivity contribution < 1.29 is 17.9 Å². The summed E-state index contributed by atoms with van der Waals surface area (Å²) in [6, 6.07) is 4.97. The zero-order valence-corrected chi connectivity index (χ0v) is 16.2. The van der Waals surface area contributed by atoms with E-state index in [1.54, 1.807) is 32.2 Å². The first-order valence-corrected chi connectivity index (χ1v) is 10.1. The van der Waals surface area contributed by atoms with Gasteiger partial charge in [0.15, 0.2) is 0 Å². The number of amides is 1. The summed E-state index contributed by atoms with van der Waals surface area (Å²) in [5, 5.41) is 2.94. The van der Waals surface area contributed by atoms with E-state index in [1.165, 1.54) is 4.31 Å². The van der Waals surface area contributed by atoms with Crippen molar-refractivity contribution in [2.24, 2.45) is 11.8 Å². The summed E-state index contributed by atoms with van der Waals surface area (Å²) >= 11 is 0. The number of piperidine rings is 1. The molecule has 6 nitrogen and oxygen atoms in total. The van der Waals surface area contributed by atoms with Crippen molar-refractivity contribution in [3.8, 4) is 5.75 Å². The molecular weight excluding hydrogens is 340 g/mol. The van der Waals surface area contributed by atoms with Crippen LogP contribution in [0.3, 0.4) is 0 Å². The molecule has 0 bridgehead atoms. The van der Waals surface area contributed by atoms with E-state index in [9.17, 15) is 13.2 Å². The van der Waals surface area contributed by atoms with Crippen molar-refractivity contribution in [1.29, 1.82) is 0 Å². The number of hydrogen-bond donors (Lipinski definition) is 1. The van der Waals surface area contributed by atoms with Gasteiger partial charge in [-0.3, -0.25) is 4.79 Å². The molecule has 0 radical (unpaired) electrons. The number of nitrogens with zero attached hydrogens (tertiary/aromatic N) is 1. The molecular formula is C18H28N2O4S. The molecule has 0 unspecified atom stereocenters. The highest BCUT2D eigenvalue weighted by atomic mass is 32.2. The zero-order chi connectivity index (χ0) is 18.6. The highest BCUT2D eigenvalue weighted by molar-refractivity contribution is 7.89. The van der Waals surface area contributed by atoms with Gasteiger partial charge in [-0.2, -0.15) is 4.31 Å². The molecule has 1 N–H and O–H groups in total. The lowest BCUT2D eigenvalue weighted by atomic mass is 9.97. The predicted molar refractivity (Wildman–Crippen MR) is 97.1 cm³/mol. The van der Waals surface area contributed by atoms with Gasteiger partial charge in [-0.05, 0) is 49.4 Å². The highest BCUT2D eigenvalue weighted by Gasteiger charge is 2.32. The second-order valence-corrected chi connectivity index (χ2v) is 8.86. The van der Waals surface area contributed by atoms with Gasteiger partial charge in [-0.15, -0.1) is 0 Å². The lowest BCUT2D eigenvalue weighted by Gasteiger charge is -2.31. The lowest BCUT2D eigenvalue weighted by Crippen LogP contribution is -2.43. The van der Waals surface area contributed by atoms with Gasteiger partial charge >= 0.3 is 0 Å². The predicted octanol–water partition coefficient (Wildman–Crippen LogP) is 2.18. The van der Waals surface area contributed by atoms with Crippen molar-refractivity contribution in [1.82, 2.24) is 9.62 Å². The second-order valence-electron chi connectivity index (χ2n) is 6.95. The molecule has 25 heavy (non-hydrogen) atoms. The number of rotatable bonds is 6. The molecule has 0 saturated carbocycles. The van der Waals surface area contributed by atoms with Crippen LogP contribution >= 0.6 is 0 Å². The molecule has 0 spiro atoms. The minimum atomic E-state index is -3.55. The maximum Gasteiger partial charge on any atom is 0.243 e. The first-order chi connectivity index (χ1) is 11.8.